The van der Waals surface area contributed by atoms with Crippen LogP contribution in [0.2, 0.25) is 0 Å². The Bertz CT molecular complexity index is 116. The van der Waals surface area contributed by atoms with E-state index in [4.69, 9.17) is 5.41 Å². The summed E-state index contributed by atoms with van der Waals surface area (Å²) in [7, 11) is 0. The lowest BCUT2D eigenvalue weighted by Gasteiger charge is -2.23. The van der Waals surface area contributed by atoms with Crippen LogP contribution in [0.4, 0.5) is 0 Å². The summed E-state index contributed by atoms with van der Waals surface area (Å²) in [5.74, 6) is 0.340. The van der Waals surface area contributed by atoms with Gasteiger partial charge in [-0.1, -0.05) is 0 Å². The number of rotatable bonds is 1. The van der Waals surface area contributed by atoms with Crippen LogP contribution in [0.5, 0.6) is 0 Å². The summed E-state index contributed by atoms with van der Waals surface area (Å²) in [6.07, 6.45) is 2.22. The van der Waals surface area contributed by atoms with Crippen LogP contribution in [0.1, 0.15) is 12.8 Å². The van der Waals surface area contributed by atoms with Gasteiger partial charge in [0.2, 0.25) is 0 Å². The Morgan fingerprint density at radius 2 is 2.10 bits per heavy atom. The Hall–Kier alpha value is -0.570. The van der Waals surface area contributed by atoms with Crippen LogP contribution in [-0.2, 0) is 0 Å². The summed E-state index contributed by atoms with van der Waals surface area (Å²) in [6, 6.07) is 0.478. The van der Waals surface area contributed by atoms with Gasteiger partial charge < -0.3 is 10.6 Å². The summed E-state index contributed by atoms with van der Waals surface area (Å²) in [4.78, 5) is 0. The molecule has 0 spiro atoms. The molecule has 1 saturated heterocycles. The zero-order valence-electron chi connectivity index (χ0n) is 6.11. The second-order valence-corrected chi connectivity index (χ2v) is 2.65. The molecule has 1 radical (unpaired) electrons. The molecule has 3 nitrogen and oxygen atoms in total. The van der Waals surface area contributed by atoms with E-state index in [1.807, 2.05) is 0 Å². The van der Waals surface area contributed by atoms with Crippen LogP contribution in [-0.4, -0.2) is 25.0 Å². The number of piperidine rings is 1. The topological polar surface area (TPSA) is 47.9 Å². The van der Waals surface area contributed by atoms with Gasteiger partial charge in [0.25, 0.3) is 0 Å². The largest absolute Gasteiger partial charge is 0.371 e. The Morgan fingerprint density at radius 3 is 2.60 bits per heavy atom. The highest BCUT2D eigenvalue weighted by Gasteiger charge is 2.11. The molecule has 0 bridgehead atoms. The summed E-state index contributed by atoms with van der Waals surface area (Å²) in [6.45, 7) is 5.61. The van der Waals surface area contributed by atoms with Crippen molar-refractivity contribution in [3.8, 4) is 0 Å². The summed E-state index contributed by atoms with van der Waals surface area (Å²) in [5, 5.41) is 13.4. The van der Waals surface area contributed by atoms with Gasteiger partial charge in [0, 0.05) is 13.0 Å². The molecule has 0 amide bonds. The minimum Gasteiger partial charge on any atom is -0.371 e. The molecule has 3 N–H and O–H groups in total. The van der Waals surface area contributed by atoms with Crippen molar-refractivity contribution in [3.63, 3.8) is 0 Å². The molecular formula is C7H14N3. The zero-order valence-corrected chi connectivity index (χ0v) is 6.11. The molecular weight excluding hydrogens is 126 g/mol. The first-order chi connectivity index (χ1) is 4.79. The van der Waals surface area contributed by atoms with E-state index in [1.165, 1.54) is 0 Å². The van der Waals surface area contributed by atoms with Crippen LogP contribution < -0.4 is 10.6 Å². The molecule has 3 heteroatoms. The van der Waals surface area contributed by atoms with Crippen molar-refractivity contribution in [2.45, 2.75) is 18.9 Å². The van der Waals surface area contributed by atoms with Crippen LogP contribution in [0.15, 0.2) is 0 Å². The van der Waals surface area contributed by atoms with Gasteiger partial charge in [-0.3, -0.25) is 5.41 Å². The molecule has 1 rings (SSSR count). The highest BCUT2D eigenvalue weighted by molar-refractivity contribution is 5.83. The standard InChI is InChI=1S/C7H14N3/c1-6(8)10-7-2-4-9-5-3-7/h7,9H,1-5H2,(H2,8,10). The quantitative estimate of drug-likeness (QED) is 0.358. The summed E-state index contributed by atoms with van der Waals surface area (Å²) < 4.78 is 0. The van der Waals surface area contributed by atoms with Gasteiger partial charge in [-0.25, -0.2) is 0 Å². The normalized spacial score (nSPS) is 20.5. The first-order valence-corrected chi connectivity index (χ1v) is 3.67. The molecule has 57 valence electrons. The second kappa shape index (κ2) is 3.56. The van der Waals surface area contributed by atoms with Gasteiger partial charge in [0.15, 0.2) is 0 Å². The molecule has 0 saturated carbocycles. The molecule has 0 atom stereocenters. The smallest absolute Gasteiger partial charge is 0.0938 e. The maximum absolute atomic E-state index is 7.09. The van der Waals surface area contributed by atoms with Gasteiger partial charge in [-0.05, 0) is 25.9 Å². The molecule has 0 unspecified atom stereocenters. The Labute approximate surface area is 61.7 Å². The molecule has 0 aliphatic carbocycles. The average Bonchev–Trinajstić information content (AvgIpc) is 1.88. The van der Waals surface area contributed by atoms with Crippen molar-refractivity contribution in [3.05, 3.63) is 6.92 Å². The second-order valence-electron chi connectivity index (χ2n) is 2.65. The van der Waals surface area contributed by atoms with Crippen molar-refractivity contribution in [2.75, 3.05) is 13.1 Å². The van der Waals surface area contributed by atoms with E-state index >= 15 is 0 Å². The van der Waals surface area contributed by atoms with Gasteiger partial charge in [-0.2, -0.15) is 0 Å². The van der Waals surface area contributed by atoms with E-state index in [1.54, 1.807) is 0 Å². The Morgan fingerprint density at radius 1 is 1.50 bits per heavy atom. The Balaban J connectivity index is 2.19. The number of hydrogen-bond acceptors (Lipinski definition) is 2. The van der Waals surface area contributed by atoms with Crippen molar-refractivity contribution in [1.29, 1.82) is 5.41 Å². The molecule has 0 aromatic heterocycles. The lowest BCUT2D eigenvalue weighted by atomic mass is 10.1. The van der Waals surface area contributed by atoms with Crippen molar-refractivity contribution in [2.24, 2.45) is 0 Å². The average molecular weight is 140 g/mol. The summed E-state index contributed by atoms with van der Waals surface area (Å²) >= 11 is 0. The SMILES string of the molecule is [CH2]C(=N)NC1CCNCC1. The number of nitrogens with one attached hydrogen (secondary N) is 3. The minimum absolute atomic E-state index is 0.340. The predicted molar refractivity (Wildman–Crippen MR) is 42.1 cm³/mol. The molecule has 1 heterocycles. The van der Waals surface area contributed by atoms with E-state index in [0.717, 1.165) is 25.9 Å². The monoisotopic (exact) mass is 140 g/mol. The highest BCUT2D eigenvalue weighted by atomic mass is 15.0. The highest BCUT2D eigenvalue weighted by Crippen LogP contribution is 2.00. The summed E-state index contributed by atoms with van der Waals surface area (Å²) in [5.41, 5.74) is 0. The first-order valence-electron chi connectivity index (χ1n) is 3.67. The van der Waals surface area contributed by atoms with Gasteiger partial charge in [0.1, 0.15) is 0 Å². The van der Waals surface area contributed by atoms with Crippen LogP contribution in [0, 0.1) is 12.3 Å². The maximum atomic E-state index is 7.09. The third-order valence-corrected chi connectivity index (χ3v) is 1.72. The van der Waals surface area contributed by atoms with E-state index < -0.39 is 0 Å². The van der Waals surface area contributed by atoms with Crippen molar-refractivity contribution >= 4 is 5.84 Å². The van der Waals surface area contributed by atoms with E-state index in [0.29, 0.717) is 11.9 Å². The zero-order chi connectivity index (χ0) is 7.40. The van der Waals surface area contributed by atoms with Crippen LogP contribution in [0.3, 0.4) is 0 Å². The lowest BCUT2D eigenvalue weighted by Crippen LogP contribution is -2.41. The van der Waals surface area contributed by atoms with Crippen molar-refractivity contribution in [1.82, 2.24) is 10.6 Å². The fourth-order valence-corrected chi connectivity index (χ4v) is 1.21. The molecule has 1 fully saturated rings. The molecule has 1 aliphatic heterocycles. The predicted octanol–water partition coefficient (Wildman–Crippen LogP) is 0.139. The van der Waals surface area contributed by atoms with Crippen molar-refractivity contribution < 1.29 is 0 Å². The molecule has 0 aromatic carbocycles. The Kier molecular flexibility index (Phi) is 2.68. The molecule has 1 aliphatic rings. The molecule has 10 heavy (non-hydrogen) atoms. The third-order valence-electron chi connectivity index (χ3n) is 1.72. The third kappa shape index (κ3) is 2.35. The van der Waals surface area contributed by atoms with E-state index in [2.05, 4.69) is 17.6 Å². The maximum Gasteiger partial charge on any atom is 0.0938 e. The van der Waals surface area contributed by atoms with E-state index in [9.17, 15) is 0 Å². The minimum atomic E-state index is 0.340. The van der Waals surface area contributed by atoms with Crippen LogP contribution >= 0.6 is 0 Å². The van der Waals surface area contributed by atoms with Crippen LogP contribution in [0.25, 0.3) is 0 Å². The van der Waals surface area contributed by atoms with E-state index in [-0.39, 0.29) is 0 Å². The fourth-order valence-electron chi connectivity index (χ4n) is 1.21. The van der Waals surface area contributed by atoms with Gasteiger partial charge in [0.05, 0.1) is 5.84 Å². The lowest BCUT2D eigenvalue weighted by molar-refractivity contribution is 0.429. The molecule has 0 aromatic rings. The first kappa shape index (κ1) is 7.54. The fraction of sp³-hybridized carbons (Fsp3) is 0.714. The van der Waals surface area contributed by atoms with Gasteiger partial charge in [-0.15, -0.1) is 0 Å². The number of amidine groups is 1. The van der Waals surface area contributed by atoms with Gasteiger partial charge >= 0.3 is 0 Å². The number of hydrogen-bond donors (Lipinski definition) is 3.